The molecule has 39 heavy (non-hydrogen) atoms. The number of anilines is 4. The number of H-pyrrole nitrogens is 1. The molecule has 5 rings (SSSR count). The molecule has 2 aliphatic rings. The van der Waals surface area contributed by atoms with Crippen LogP contribution in [-0.2, 0) is 4.79 Å². The number of likely N-dealkylation sites (tertiary alicyclic amines) is 1. The number of nitrogens with one attached hydrogen (secondary N) is 3. The summed E-state index contributed by atoms with van der Waals surface area (Å²) < 4.78 is 5.87. The van der Waals surface area contributed by atoms with Gasteiger partial charge in [0.15, 0.2) is 22.6 Å². The van der Waals surface area contributed by atoms with E-state index in [0.29, 0.717) is 22.5 Å². The first-order valence-electron chi connectivity index (χ1n) is 13.5. The first-order chi connectivity index (χ1) is 19.0. The number of hydrogen-bond acceptors (Lipinski definition) is 10. The lowest BCUT2D eigenvalue weighted by molar-refractivity contribution is -0.114. The lowest BCUT2D eigenvalue weighted by atomic mass is 10.3. The monoisotopic (exact) mass is 551 g/mol. The number of carbonyl (C=O) groups is 1. The van der Waals surface area contributed by atoms with Gasteiger partial charge in [0.25, 0.3) is 0 Å². The van der Waals surface area contributed by atoms with Crippen molar-refractivity contribution < 1.29 is 9.53 Å². The number of benzene rings is 1. The Hall–Kier alpha value is -3.35. The number of nitrogens with zero attached hydrogens (tertiary/aromatic N) is 6. The summed E-state index contributed by atoms with van der Waals surface area (Å²) in [7, 11) is 1.66. The minimum Gasteiger partial charge on any atom is -0.490 e. The Balaban J connectivity index is 1.35. The molecule has 1 aromatic carbocycles. The van der Waals surface area contributed by atoms with Crippen molar-refractivity contribution in [2.75, 3.05) is 75.0 Å². The van der Waals surface area contributed by atoms with Crippen LogP contribution in [0.25, 0.3) is 0 Å². The third-order valence-corrected chi connectivity index (χ3v) is 7.84. The molecule has 12 heteroatoms. The zero-order valence-electron chi connectivity index (χ0n) is 22.9. The van der Waals surface area contributed by atoms with Gasteiger partial charge in [-0.05, 0) is 68.9 Å². The third-order valence-electron chi connectivity index (χ3n) is 6.97. The average molecular weight is 552 g/mol. The molecule has 3 aromatic rings. The van der Waals surface area contributed by atoms with Crippen molar-refractivity contribution in [2.45, 2.75) is 36.7 Å². The highest BCUT2D eigenvalue weighted by molar-refractivity contribution is 7.99. The summed E-state index contributed by atoms with van der Waals surface area (Å²) in [6, 6.07) is 9.58. The van der Waals surface area contributed by atoms with Gasteiger partial charge in [0.2, 0.25) is 11.7 Å². The van der Waals surface area contributed by atoms with E-state index in [9.17, 15) is 4.79 Å². The minimum absolute atomic E-state index is 0.0982. The van der Waals surface area contributed by atoms with Gasteiger partial charge in [-0.3, -0.25) is 14.8 Å². The molecule has 2 aromatic heterocycles. The first-order valence-corrected chi connectivity index (χ1v) is 14.3. The van der Waals surface area contributed by atoms with E-state index in [0.717, 1.165) is 61.4 Å². The van der Waals surface area contributed by atoms with Crippen molar-refractivity contribution in [1.29, 1.82) is 0 Å². The SMILES string of the molecule is COc1c(Nc2cc(C)[nH]n2)nc(Sc2ccc(NC(C)=O)cc2)nc1N1CCN(CCN2CCCC2)CC1. The molecular formula is C27H37N9O2S. The molecule has 2 saturated heterocycles. The van der Waals surface area contributed by atoms with Crippen molar-refractivity contribution in [2.24, 2.45) is 0 Å². The average Bonchev–Trinajstić information content (AvgIpc) is 3.60. The fourth-order valence-electron chi connectivity index (χ4n) is 4.94. The highest BCUT2D eigenvalue weighted by Gasteiger charge is 2.26. The molecule has 1 amide bonds. The van der Waals surface area contributed by atoms with Crippen molar-refractivity contribution in [3.05, 3.63) is 36.0 Å². The van der Waals surface area contributed by atoms with Gasteiger partial charge < -0.3 is 25.2 Å². The van der Waals surface area contributed by atoms with E-state index in [1.54, 1.807) is 7.11 Å². The second-order valence-corrected chi connectivity index (χ2v) is 11.0. The first kappa shape index (κ1) is 27.2. The quantitative estimate of drug-likeness (QED) is 0.323. The smallest absolute Gasteiger partial charge is 0.221 e. The number of methoxy groups -OCH3 is 1. The van der Waals surface area contributed by atoms with Gasteiger partial charge >= 0.3 is 0 Å². The van der Waals surface area contributed by atoms with Gasteiger partial charge in [-0.2, -0.15) is 5.10 Å². The molecule has 0 bridgehead atoms. The second kappa shape index (κ2) is 12.7. The Morgan fingerprint density at radius 2 is 1.72 bits per heavy atom. The summed E-state index contributed by atoms with van der Waals surface area (Å²) in [5.41, 5.74) is 1.70. The molecule has 2 aliphatic heterocycles. The van der Waals surface area contributed by atoms with Gasteiger partial charge in [-0.25, -0.2) is 9.97 Å². The van der Waals surface area contributed by atoms with E-state index in [2.05, 4.69) is 35.5 Å². The maximum absolute atomic E-state index is 11.4. The van der Waals surface area contributed by atoms with Crippen molar-refractivity contribution >= 4 is 40.8 Å². The van der Waals surface area contributed by atoms with Crippen LogP contribution < -0.4 is 20.3 Å². The Bertz CT molecular complexity index is 1250. The molecular weight excluding hydrogens is 514 g/mol. The zero-order valence-corrected chi connectivity index (χ0v) is 23.7. The number of aromatic nitrogens is 4. The molecule has 0 atom stereocenters. The van der Waals surface area contributed by atoms with Crippen molar-refractivity contribution in [1.82, 2.24) is 30.0 Å². The van der Waals surface area contributed by atoms with E-state index in [4.69, 9.17) is 14.7 Å². The van der Waals surface area contributed by atoms with Crippen LogP contribution in [0.5, 0.6) is 5.75 Å². The summed E-state index contributed by atoms with van der Waals surface area (Å²) in [6.45, 7) is 11.9. The van der Waals surface area contributed by atoms with Gasteiger partial charge in [0.05, 0.1) is 7.11 Å². The van der Waals surface area contributed by atoms with Gasteiger partial charge in [0.1, 0.15) is 0 Å². The van der Waals surface area contributed by atoms with Gasteiger partial charge in [-0.15, -0.1) is 0 Å². The number of aryl methyl sites for hydroxylation is 1. The van der Waals surface area contributed by atoms with Crippen molar-refractivity contribution in [3.8, 4) is 5.75 Å². The fourth-order valence-corrected chi connectivity index (χ4v) is 5.69. The van der Waals surface area contributed by atoms with E-state index >= 15 is 0 Å². The molecule has 0 radical (unpaired) electrons. The molecule has 11 nitrogen and oxygen atoms in total. The summed E-state index contributed by atoms with van der Waals surface area (Å²) in [4.78, 5) is 29.5. The summed E-state index contributed by atoms with van der Waals surface area (Å²) in [6.07, 6.45) is 2.66. The largest absolute Gasteiger partial charge is 0.490 e. The third kappa shape index (κ3) is 7.20. The number of amides is 1. The van der Waals surface area contributed by atoms with Crippen LogP contribution in [0.15, 0.2) is 40.4 Å². The number of ether oxygens (including phenoxy) is 1. The summed E-state index contributed by atoms with van der Waals surface area (Å²) >= 11 is 1.46. The lowest BCUT2D eigenvalue weighted by Crippen LogP contribution is -2.48. The van der Waals surface area contributed by atoms with Gasteiger partial charge in [-0.1, -0.05) is 0 Å². The van der Waals surface area contributed by atoms with E-state index in [1.165, 1.54) is 44.6 Å². The fraction of sp³-hybridized carbons (Fsp3) is 0.481. The maximum atomic E-state index is 11.4. The molecule has 0 saturated carbocycles. The highest BCUT2D eigenvalue weighted by atomic mass is 32.2. The zero-order chi connectivity index (χ0) is 27.2. The number of hydrogen-bond donors (Lipinski definition) is 3. The predicted octanol–water partition coefficient (Wildman–Crippen LogP) is 3.59. The Morgan fingerprint density at radius 3 is 2.33 bits per heavy atom. The van der Waals surface area contributed by atoms with Crippen molar-refractivity contribution in [3.63, 3.8) is 0 Å². The molecule has 2 fully saturated rings. The number of piperazine rings is 1. The Kier molecular flexibility index (Phi) is 8.84. The Morgan fingerprint density at radius 1 is 1.03 bits per heavy atom. The van der Waals surface area contributed by atoms with E-state index in [1.807, 2.05) is 37.3 Å². The van der Waals surface area contributed by atoms with Crippen LogP contribution in [-0.4, -0.2) is 95.3 Å². The van der Waals surface area contributed by atoms with Crippen LogP contribution in [0.3, 0.4) is 0 Å². The number of aromatic amines is 1. The predicted molar refractivity (Wildman–Crippen MR) is 154 cm³/mol. The number of rotatable bonds is 10. The van der Waals surface area contributed by atoms with Crippen LogP contribution in [0.1, 0.15) is 25.5 Å². The van der Waals surface area contributed by atoms with Gasteiger partial charge in [0, 0.05) is 68.5 Å². The maximum Gasteiger partial charge on any atom is 0.221 e. The summed E-state index contributed by atoms with van der Waals surface area (Å²) in [5.74, 6) is 2.52. The highest BCUT2D eigenvalue weighted by Crippen LogP contribution is 2.38. The standard InChI is InChI=1S/C27H37N9O2S/c1-19-18-23(33-32-19)29-25-24(38-3)26(36-16-14-35(15-17-36)13-12-34-10-4-5-11-34)31-27(30-25)39-22-8-6-21(7-9-22)28-20(2)37/h6-9,18H,4-5,10-17H2,1-3H3,(H,28,37)(H2,29,30,31,32,33). The summed E-state index contributed by atoms with van der Waals surface area (Å²) in [5, 5.41) is 14.0. The Labute approximate surface area is 233 Å². The minimum atomic E-state index is -0.0982. The molecule has 0 unspecified atom stereocenters. The topological polar surface area (TPSA) is 115 Å². The van der Waals surface area contributed by atoms with Crippen LogP contribution in [0, 0.1) is 6.92 Å². The second-order valence-electron chi connectivity index (χ2n) is 9.96. The van der Waals surface area contributed by atoms with E-state index in [-0.39, 0.29) is 5.91 Å². The molecule has 0 spiro atoms. The number of carbonyl (C=O) groups excluding carboxylic acids is 1. The molecule has 3 N–H and O–H groups in total. The molecule has 208 valence electrons. The van der Waals surface area contributed by atoms with Crippen LogP contribution >= 0.6 is 11.8 Å². The molecule has 0 aliphatic carbocycles. The van der Waals surface area contributed by atoms with Crippen LogP contribution in [0.2, 0.25) is 0 Å². The normalized spacial score (nSPS) is 16.4. The molecule has 4 heterocycles. The lowest BCUT2D eigenvalue weighted by Gasteiger charge is -2.36. The van der Waals surface area contributed by atoms with Crippen LogP contribution in [0.4, 0.5) is 23.1 Å². The van der Waals surface area contributed by atoms with E-state index < -0.39 is 0 Å².